The van der Waals surface area contributed by atoms with E-state index >= 15 is 0 Å². The lowest BCUT2D eigenvalue weighted by Crippen LogP contribution is -2.18. The van der Waals surface area contributed by atoms with E-state index in [1.807, 2.05) is 6.92 Å². The van der Waals surface area contributed by atoms with Crippen molar-refractivity contribution in [2.24, 2.45) is 5.73 Å². The van der Waals surface area contributed by atoms with Crippen LogP contribution in [-0.2, 0) is 12.4 Å². The Balaban J connectivity index is 1.72. The molecule has 204 valence electrons. The van der Waals surface area contributed by atoms with Gasteiger partial charge in [0.15, 0.2) is 0 Å². The highest BCUT2D eigenvalue weighted by atomic mass is 35.5. The normalized spacial score (nSPS) is 15.3. The number of amides is 1. The van der Waals surface area contributed by atoms with Crippen molar-refractivity contribution < 1.29 is 31.1 Å². The van der Waals surface area contributed by atoms with E-state index in [-0.39, 0.29) is 27.7 Å². The van der Waals surface area contributed by atoms with E-state index in [4.69, 9.17) is 28.9 Å². The zero-order chi connectivity index (χ0) is 28.6. The first kappa shape index (κ1) is 27.8. The molecule has 0 saturated carbocycles. The molecule has 2 N–H and O–H groups in total. The summed E-state index contributed by atoms with van der Waals surface area (Å²) in [7, 11) is 0. The summed E-state index contributed by atoms with van der Waals surface area (Å²) in [6, 6.07) is 4.46. The number of alkyl halides is 6. The molecule has 1 atom stereocenters. The Morgan fingerprint density at radius 3 is 2.15 bits per heavy atom. The van der Waals surface area contributed by atoms with Crippen molar-refractivity contribution in [1.82, 2.24) is 14.8 Å². The maximum absolute atomic E-state index is 13.5. The molecule has 0 saturated heterocycles. The van der Waals surface area contributed by atoms with Gasteiger partial charge in [0, 0.05) is 16.4 Å². The Bertz CT molecular complexity index is 1630. The van der Waals surface area contributed by atoms with Crippen molar-refractivity contribution in [2.45, 2.75) is 35.7 Å². The first-order valence-electron chi connectivity index (χ1n) is 10.9. The number of hydrogen-bond donors (Lipinski definition) is 1. The Morgan fingerprint density at radius 2 is 1.59 bits per heavy atom. The van der Waals surface area contributed by atoms with Crippen molar-refractivity contribution >= 4 is 52.2 Å². The minimum atomic E-state index is -5.08. The Kier molecular flexibility index (Phi) is 6.72. The number of nitrogens with two attached hydrogens (primary N) is 1. The second kappa shape index (κ2) is 9.43. The second-order valence-electron chi connectivity index (χ2n) is 8.63. The second-order valence-corrected chi connectivity index (χ2v) is 12.0. The van der Waals surface area contributed by atoms with Crippen molar-refractivity contribution in [3.05, 3.63) is 68.5 Å². The highest BCUT2D eigenvalue weighted by Gasteiger charge is 2.38. The molecule has 0 fully saturated rings. The quantitative estimate of drug-likeness (QED) is 0.232. The molecule has 2 aromatic carbocycles. The Hall–Kier alpha value is -2.74. The zero-order valence-electron chi connectivity index (χ0n) is 19.6. The van der Waals surface area contributed by atoms with Crippen LogP contribution in [0.3, 0.4) is 0 Å². The molecule has 4 aromatic rings. The molecule has 3 heterocycles. The SMILES string of the molecule is Cc1nn(-c2nc3c(s2)SC(C)c2cc(Cl)c(Cl)cc2-3)c(C(N)=O)c1-c1cc(C(F)(F)F)cc(C(F)(F)F)c1. The molecule has 1 unspecified atom stereocenters. The summed E-state index contributed by atoms with van der Waals surface area (Å²) in [6.45, 7) is 3.31. The molecule has 5 rings (SSSR count). The largest absolute Gasteiger partial charge is 0.416 e. The van der Waals surface area contributed by atoms with Crippen molar-refractivity contribution in [2.75, 3.05) is 0 Å². The van der Waals surface area contributed by atoms with Crippen molar-refractivity contribution in [3.63, 3.8) is 0 Å². The maximum atomic E-state index is 13.5. The third kappa shape index (κ3) is 4.90. The first-order valence-corrected chi connectivity index (χ1v) is 13.4. The van der Waals surface area contributed by atoms with Crippen LogP contribution < -0.4 is 5.73 Å². The van der Waals surface area contributed by atoms with Crippen LogP contribution in [0.5, 0.6) is 0 Å². The maximum Gasteiger partial charge on any atom is 0.416 e. The summed E-state index contributed by atoms with van der Waals surface area (Å²) >= 11 is 15.0. The number of aromatic nitrogens is 3. The number of benzene rings is 2. The van der Waals surface area contributed by atoms with Crippen LogP contribution in [0.4, 0.5) is 26.3 Å². The molecule has 0 bridgehead atoms. The van der Waals surface area contributed by atoms with Gasteiger partial charge >= 0.3 is 12.4 Å². The van der Waals surface area contributed by atoms with Gasteiger partial charge in [-0.1, -0.05) is 34.5 Å². The van der Waals surface area contributed by atoms with Gasteiger partial charge in [-0.05, 0) is 55.3 Å². The minimum Gasteiger partial charge on any atom is -0.364 e. The minimum absolute atomic E-state index is 0.00922. The smallest absolute Gasteiger partial charge is 0.364 e. The van der Waals surface area contributed by atoms with Gasteiger partial charge in [-0.3, -0.25) is 4.79 Å². The summed E-state index contributed by atoms with van der Waals surface area (Å²) in [5.41, 5.74) is 3.45. The molecule has 15 heteroatoms. The number of aryl methyl sites for hydroxylation is 1. The average Bonchev–Trinajstić information content (AvgIpc) is 3.40. The van der Waals surface area contributed by atoms with Gasteiger partial charge in [-0.15, -0.1) is 11.8 Å². The summed E-state index contributed by atoms with van der Waals surface area (Å²) in [6.07, 6.45) is -10.2. The predicted octanol–water partition coefficient (Wildman–Crippen LogP) is 8.58. The Labute approximate surface area is 234 Å². The number of hydrogen-bond acceptors (Lipinski definition) is 5. The molecule has 0 aliphatic carbocycles. The van der Waals surface area contributed by atoms with Crippen LogP contribution in [0.15, 0.2) is 34.5 Å². The highest BCUT2D eigenvalue weighted by molar-refractivity contribution is 8.01. The standard InChI is InChI=1S/C24H14Cl2F6N4OS2/c1-8-17(10-3-11(23(27,28)29)5-12(4-10)24(30,31)32)19(20(33)37)36(35-8)22-34-18-14-7-16(26)15(25)6-13(14)9(2)38-21(18)39-22/h3-7,9H,1-2H3,(H2,33,37). The van der Waals surface area contributed by atoms with E-state index in [0.717, 1.165) is 25.8 Å². The third-order valence-corrected chi connectivity index (χ3v) is 9.11. The van der Waals surface area contributed by atoms with Gasteiger partial charge < -0.3 is 5.73 Å². The summed E-state index contributed by atoms with van der Waals surface area (Å²) < 4.78 is 82.9. The fraction of sp³-hybridized carbons (Fsp3) is 0.208. The third-order valence-electron chi connectivity index (χ3n) is 6.01. The number of carbonyl (C=O) groups excluding carboxylic acids is 1. The molecule has 0 radical (unpaired) electrons. The molecular weight excluding hydrogens is 609 g/mol. The summed E-state index contributed by atoms with van der Waals surface area (Å²) in [5.74, 6) is -1.11. The van der Waals surface area contributed by atoms with Crippen LogP contribution in [0.1, 0.15) is 45.0 Å². The number of primary amides is 1. The number of thiazole rings is 1. The van der Waals surface area contributed by atoms with Gasteiger partial charge in [0.25, 0.3) is 5.91 Å². The van der Waals surface area contributed by atoms with Gasteiger partial charge in [-0.2, -0.15) is 36.1 Å². The molecule has 1 aliphatic heterocycles. The van der Waals surface area contributed by atoms with Crippen LogP contribution in [0.25, 0.3) is 27.5 Å². The van der Waals surface area contributed by atoms with E-state index in [1.165, 1.54) is 18.7 Å². The predicted molar refractivity (Wildman–Crippen MR) is 138 cm³/mol. The number of rotatable bonds is 3. The molecule has 5 nitrogen and oxygen atoms in total. The van der Waals surface area contributed by atoms with Crippen molar-refractivity contribution in [1.29, 1.82) is 0 Å². The zero-order valence-corrected chi connectivity index (χ0v) is 22.8. The lowest BCUT2D eigenvalue weighted by molar-refractivity contribution is -0.143. The van der Waals surface area contributed by atoms with Gasteiger partial charge in [0.2, 0.25) is 5.13 Å². The van der Waals surface area contributed by atoms with Gasteiger partial charge in [-0.25, -0.2) is 4.98 Å². The van der Waals surface area contributed by atoms with Gasteiger partial charge in [0.05, 0.1) is 36.8 Å². The molecular formula is C24H14Cl2F6N4OS2. The molecule has 1 aliphatic rings. The lowest BCUT2D eigenvalue weighted by atomic mass is 9.97. The number of nitrogens with zero attached hydrogens (tertiary/aromatic N) is 3. The van der Waals surface area contributed by atoms with Crippen LogP contribution in [0, 0.1) is 6.92 Å². The highest BCUT2D eigenvalue weighted by Crippen LogP contribution is 2.53. The molecule has 2 aromatic heterocycles. The number of carbonyl (C=O) groups is 1. The van der Waals surface area contributed by atoms with Crippen molar-refractivity contribution in [3.8, 4) is 27.5 Å². The van der Waals surface area contributed by atoms with Crippen LogP contribution in [-0.4, -0.2) is 20.7 Å². The lowest BCUT2D eigenvalue weighted by Gasteiger charge is -2.21. The first-order chi connectivity index (χ1) is 18.1. The fourth-order valence-electron chi connectivity index (χ4n) is 4.30. The fourth-order valence-corrected chi connectivity index (χ4v) is 7.17. The van der Waals surface area contributed by atoms with E-state index in [0.29, 0.717) is 33.4 Å². The van der Waals surface area contributed by atoms with E-state index < -0.39 is 40.6 Å². The van der Waals surface area contributed by atoms with E-state index in [2.05, 4.69) is 10.1 Å². The monoisotopic (exact) mass is 622 g/mol. The molecule has 39 heavy (non-hydrogen) atoms. The average molecular weight is 623 g/mol. The van der Waals surface area contributed by atoms with Crippen LogP contribution >= 0.6 is 46.3 Å². The molecule has 1 amide bonds. The van der Waals surface area contributed by atoms with Gasteiger partial charge in [0.1, 0.15) is 5.69 Å². The summed E-state index contributed by atoms with van der Waals surface area (Å²) in [4.78, 5) is 17.2. The van der Waals surface area contributed by atoms with Crippen LogP contribution in [0.2, 0.25) is 10.0 Å². The number of thioether (sulfide) groups is 1. The molecule has 0 spiro atoms. The summed E-state index contributed by atoms with van der Waals surface area (Å²) in [5, 5.41) is 5.03. The van der Waals surface area contributed by atoms with E-state index in [1.54, 1.807) is 12.1 Å². The van der Waals surface area contributed by atoms with E-state index in [9.17, 15) is 31.1 Å². The Morgan fingerprint density at radius 1 is 1.00 bits per heavy atom. The topological polar surface area (TPSA) is 73.8 Å². The number of halogens is 8. The number of fused-ring (bicyclic) bond motifs is 3.